The highest BCUT2D eigenvalue weighted by Gasteiger charge is 2.42. The van der Waals surface area contributed by atoms with E-state index in [9.17, 15) is 27.6 Å². The molecule has 1 aliphatic carbocycles. The Bertz CT molecular complexity index is 988. The molecule has 0 bridgehead atoms. The molecule has 2 atom stereocenters. The molecular weight excluding hydrogens is 367 g/mol. The fourth-order valence-corrected chi connectivity index (χ4v) is 3.57. The predicted molar refractivity (Wildman–Crippen MR) is 90.2 cm³/mol. The summed E-state index contributed by atoms with van der Waals surface area (Å²) in [4.78, 5) is 41.2. The zero-order chi connectivity index (χ0) is 19.9. The largest absolute Gasteiger partial charge is 0.391 e. The molecule has 2 aromatic rings. The summed E-state index contributed by atoms with van der Waals surface area (Å²) in [5, 5.41) is 2.53. The number of rotatable bonds is 3. The summed E-state index contributed by atoms with van der Waals surface area (Å²) in [7, 11) is 3.02. The number of nitrogens with zero attached hydrogens (tertiary/aromatic N) is 4. The summed E-state index contributed by atoms with van der Waals surface area (Å²) in [6.45, 7) is -0.556. The molecule has 2 heterocycles. The number of hydrogen-bond donors (Lipinski definition) is 1. The van der Waals surface area contributed by atoms with Gasteiger partial charge in [-0.05, 0) is 19.3 Å². The van der Waals surface area contributed by atoms with E-state index in [1.165, 1.54) is 17.9 Å². The van der Waals surface area contributed by atoms with Crippen LogP contribution in [0.5, 0.6) is 0 Å². The van der Waals surface area contributed by atoms with Crippen molar-refractivity contribution in [3.63, 3.8) is 0 Å². The Kier molecular flexibility index (Phi) is 4.87. The molecule has 1 N–H and O–H groups in total. The Labute approximate surface area is 151 Å². The second kappa shape index (κ2) is 6.86. The SMILES string of the molecule is Cn1cnc2c1c(=O)n(CC(=O)NC1CCCC(C(F)(F)F)C1)c(=O)n2C. The van der Waals surface area contributed by atoms with E-state index in [0.717, 1.165) is 9.13 Å². The maximum absolute atomic E-state index is 12.9. The van der Waals surface area contributed by atoms with Gasteiger partial charge in [0.05, 0.1) is 12.2 Å². The van der Waals surface area contributed by atoms with Crippen molar-refractivity contribution in [1.29, 1.82) is 0 Å². The fraction of sp³-hybridized carbons (Fsp3) is 0.625. The van der Waals surface area contributed by atoms with Crippen molar-refractivity contribution in [2.24, 2.45) is 20.0 Å². The normalized spacial score (nSPS) is 20.8. The Morgan fingerprint density at radius 1 is 1.30 bits per heavy atom. The highest BCUT2D eigenvalue weighted by Crippen LogP contribution is 2.37. The lowest BCUT2D eigenvalue weighted by Gasteiger charge is -2.31. The monoisotopic (exact) mass is 387 g/mol. The molecule has 27 heavy (non-hydrogen) atoms. The molecule has 1 fully saturated rings. The summed E-state index contributed by atoms with van der Waals surface area (Å²) < 4.78 is 42.1. The van der Waals surface area contributed by atoms with Gasteiger partial charge in [-0.1, -0.05) is 6.42 Å². The van der Waals surface area contributed by atoms with Crippen molar-refractivity contribution in [2.45, 2.75) is 44.4 Å². The van der Waals surface area contributed by atoms with Crippen LogP contribution in [-0.2, 0) is 25.4 Å². The van der Waals surface area contributed by atoms with Crippen LogP contribution in [0.15, 0.2) is 15.9 Å². The minimum absolute atomic E-state index is 0.0486. The summed E-state index contributed by atoms with van der Waals surface area (Å²) in [5.41, 5.74) is -1.01. The van der Waals surface area contributed by atoms with Crippen LogP contribution in [0.4, 0.5) is 13.2 Å². The second-order valence-electron chi connectivity index (χ2n) is 6.93. The molecule has 8 nitrogen and oxygen atoms in total. The second-order valence-corrected chi connectivity index (χ2v) is 6.93. The van der Waals surface area contributed by atoms with Gasteiger partial charge in [0.2, 0.25) is 5.91 Å². The van der Waals surface area contributed by atoms with Crippen LogP contribution < -0.4 is 16.6 Å². The molecule has 148 valence electrons. The third kappa shape index (κ3) is 3.62. The van der Waals surface area contributed by atoms with Crippen LogP contribution >= 0.6 is 0 Å². The molecule has 2 aromatic heterocycles. The van der Waals surface area contributed by atoms with Crippen LogP contribution in [0, 0.1) is 5.92 Å². The van der Waals surface area contributed by atoms with Crippen LogP contribution in [0.1, 0.15) is 25.7 Å². The van der Waals surface area contributed by atoms with Gasteiger partial charge < -0.3 is 9.88 Å². The number of alkyl halides is 3. The minimum atomic E-state index is -4.29. The van der Waals surface area contributed by atoms with Gasteiger partial charge in [0.1, 0.15) is 6.54 Å². The zero-order valence-corrected chi connectivity index (χ0v) is 14.9. The average molecular weight is 387 g/mol. The molecule has 0 aliphatic heterocycles. The van der Waals surface area contributed by atoms with Crippen molar-refractivity contribution in [1.82, 2.24) is 24.0 Å². The highest BCUT2D eigenvalue weighted by atomic mass is 19.4. The van der Waals surface area contributed by atoms with Gasteiger partial charge in [0.15, 0.2) is 11.2 Å². The number of imidazole rings is 1. The Hall–Kier alpha value is -2.59. The lowest BCUT2D eigenvalue weighted by molar-refractivity contribution is -0.184. The zero-order valence-electron chi connectivity index (χ0n) is 14.9. The van der Waals surface area contributed by atoms with Crippen molar-refractivity contribution in [2.75, 3.05) is 0 Å². The third-order valence-corrected chi connectivity index (χ3v) is 5.00. The van der Waals surface area contributed by atoms with Crippen LogP contribution in [0.3, 0.4) is 0 Å². The Morgan fingerprint density at radius 3 is 2.67 bits per heavy atom. The number of fused-ring (bicyclic) bond motifs is 1. The summed E-state index contributed by atoms with van der Waals surface area (Å²) in [5.74, 6) is -2.11. The third-order valence-electron chi connectivity index (χ3n) is 5.00. The number of carbonyl (C=O) groups is 1. The van der Waals surface area contributed by atoms with Crippen LogP contribution in [-0.4, -0.2) is 36.8 Å². The quantitative estimate of drug-likeness (QED) is 0.838. The van der Waals surface area contributed by atoms with Crippen LogP contribution in [0.25, 0.3) is 11.2 Å². The Balaban J connectivity index is 1.80. The minimum Gasteiger partial charge on any atom is -0.352 e. The number of carbonyl (C=O) groups excluding carboxylic acids is 1. The van der Waals surface area contributed by atoms with Gasteiger partial charge in [-0.2, -0.15) is 13.2 Å². The first-order chi connectivity index (χ1) is 12.6. The standard InChI is InChI=1S/C16H20F3N5O3/c1-22-8-20-13-12(22)14(26)24(15(27)23(13)2)7-11(25)21-10-5-3-4-9(6-10)16(17,18)19/h8-10H,3-7H2,1-2H3,(H,21,25). The number of aromatic nitrogens is 4. The molecule has 3 rings (SSSR count). The first-order valence-electron chi connectivity index (χ1n) is 8.56. The van der Waals surface area contributed by atoms with Gasteiger partial charge in [-0.25, -0.2) is 14.3 Å². The summed E-state index contributed by atoms with van der Waals surface area (Å²) >= 11 is 0. The number of amides is 1. The van der Waals surface area contributed by atoms with E-state index in [0.29, 0.717) is 12.8 Å². The number of hydrogen-bond acceptors (Lipinski definition) is 4. The number of halogens is 3. The molecule has 0 spiro atoms. The van der Waals surface area contributed by atoms with E-state index in [4.69, 9.17) is 0 Å². The van der Waals surface area contributed by atoms with Crippen molar-refractivity contribution in [3.8, 4) is 0 Å². The maximum Gasteiger partial charge on any atom is 0.391 e. The van der Waals surface area contributed by atoms with E-state index in [2.05, 4.69) is 10.3 Å². The lowest BCUT2D eigenvalue weighted by Crippen LogP contribution is -2.47. The smallest absolute Gasteiger partial charge is 0.352 e. The molecule has 1 amide bonds. The van der Waals surface area contributed by atoms with E-state index in [1.54, 1.807) is 7.05 Å². The van der Waals surface area contributed by atoms with E-state index >= 15 is 0 Å². The number of nitrogens with one attached hydrogen (secondary N) is 1. The molecule has 2 unspecified atom stereocenters. The van der Waals surface area contributed by atoms with Crippen molar-refractivity contribution >= 4 is 17.1 Å². The predicted octanol–water partition coefficient (Wildman–Crippen LogP) is 0.671. The molecule has 0 saturated heterocycles. The summed E-state index contributed by atoms with van der Waals surface area (Å²) in [6.07, 6.45) is -2.25. The van der Waals surface area contributed by atoms with E-state index in [1.807, 2.05) is 0 Å². The number of aryl methyl sites for hydroxylation is 2. The molecule has 1 saturated carbocycles. The van der Waals surface area contributed by atoms with Gasteiger partial charge in [-0.3, -0.25) is 14.2 Å². The van der Waals surface area contributed by atoms with Gasteiger partial charge in [-0.15, -0.1) is 0 Å². The summed E-state index contributed by atoms with van der Waals surface area (Å²) in [6, 6.07) is -0.627. The maximum atomic E-state index is 12.9. The fourth-order valence-electron chi connectivity index (χ4n) is 3.57. The Morgan fingerprint density at radius 2 is 2.00 bits per heavy atom. The molecule has 1 aliphatic rings. The molecule has 11 heteroatoms. The van der Waals surface area contributed by atoms with Crippen LogP contribution in [0.2, 0.25) is 0 Å². The van der Waals surface area contributed by atoms with Gasteiger partial charge in [0.25, 0.3) is 5.56 Å². The molecule has 0 radical (unpaired) electrons. The van der Waals surface area contributed by atoms with E-state index in [-0.39, 0.29) is 24.0 Å². The topological polar surface area (TPSA) is 90.9 Å². The van der Waals surface area contributed by atoms with Crippen molar-refractivity contribution < 1.29 is 18.0 Å². The van der Waals surface area contributed by atoms with Crippen molar-refractivity contribution in [3.05, 3.63) is 27.2 Å². The highest BCUT2D eigenvalue weighted by molar-refractivity contribution is 5.77. The molecular formula is C16H20F3N5O3. The lowest BCUT2D eigenvalue weighted by atomic mass is 9.85. The first-order valence-corrected chi connectivity index (χ1v) is 8.56. The molecule has 0 aromatic carbocycles. The van der Waals surface area contributed by atoms with Gasteiger partial charge >= 0.3 is 11.9 Å². The van der Waals surface area contributed by atoms with Gasteiger partial charge in [0, 0.05) is 20.1 Å². The first kappa shape index (κ1) is 19.2. The van der Waals surface area contributed by atoms with E-state index < -0.39 is 41.8 Å². The average Bonchev–Trinajstić information content (AvgIpc) is 2.98.